The number of urea groups is 1. The van der Waals surface area contributed by atoms with Crippen molar-refractivity contribution in [3.05, 3.63) is 0 Å². The van der Waals surface area contributed by atoms with Crippen LogP contribution in [0.3, 0.4) is 0 Å². The molecular formula is C10H18F3N3O3S. The quantitative estimate of drug-likeness (QED) is 0.713. The fourth-order valence-electron chi connectivity index (χ4n) is 2.12. The van der Waals surface area contributed by atoms with Crippen LogP contribution in [0.25, 0.3) is 0 Å². The highest BCUT2D eigenvalue weighted by Gasteiger charge is 2.31. The van der Waals surface area contributed by atoms with E-state index in [1.54, 1.807) is 5.32 Å². The Balaban J connectivity index is 2.52. The minimum Gasteiger partial charge on any atom is -0.334 e. The molecule has 1 fully saturated rings. The molecular weight excluding hydrogens is 299 g/mol. The van der Waals surface area contributed by atoms with Gasteiger partial charge >= 0.3 is 12.2 Å². The van der Waals surface area contributed by atoms with Crippen LogP contribution >= 0.6 is 0 Å². The van der Waals surface area contributed by atoms with Crippen molar-refractivity contribution in [2.75, 3.05) is 12.8 Å². The molecule has 0 unspecified atom stereocenters. The maximum Gasteiger partial charge on any atom is 0.405 e. The maximum absolute atomic E-state index is 12.0. The maximum atomic E-state index is 12.0. The molecule has 0 heterocycles. The van der Waals surface area contributed by atoms with Crippen LogP contribution in [0.2, 0.25) is 0 Å². The second kappa shape index (κ2) is 6.61. The van der Waals surface area contributed by atoms with Gasteiger partial charge in [0.2, 0.25) is 10.0 Å². The number of nitrogens with one attached hydrogen (secondary N) is 3. The number of carbonyl (C=O) groups is 1. The average molecular weight is 317 g/mol. The Labute approximate surface area is 115 Å². The Hall–Kier alpha value is -1.03. The number of amides is 2. The van der Waals surface area contributed by atoms with E-state index in [4.69, 9.17) is 0 Å². The monoisotopic (exact) mass is 317 g/mol. The number of hydrogen-bond acceptors (Lipinski definition) is 3. The Morgan fingerprint density at radius 2 is 1.75 bits per heavy atom. The summed E-state index contributed by atoms with van der Waals surface area (Å²) < 4.78 is 60.7. The fraction of sp³-hybridized carbons (Fsp3) is 0.900. The Kier molecular flexibility index (Phi) is 5.63. The van der Waals surface area contributed by atoms with Crippen LogP contribution in [0.5, 0.6) is 0 Å². The van der Waals surface area contributed by atoms with Crippen LogP contribution in [-0.2, 0) is 10.0 Å². The first-order valence-electron chi connectivity index (χ1n) is 6.15. The largest absolute Gasteiger partial charge is 0.405 e. The summed E-state index contributed by atoms with van der Waals surface area (Å²) in [6.45, 7) is -1.42. The van der Waals surface area contributed by atoms with Gasteiger partial charge in [-0.3, -0.25) is 0 Å². The van der Waals surface area contributed by atoms with E-state index in [1.165, 1.54) is 0 Å². The first-order chi connectivity index (χ1) is 9.07. The van der Waals surface area contributed by atoms with Crippen molar-refractivity contribution >= 4 is 16.1 Å². The van der Waals surface area contributed by atoms with E-state index >= 15 is 0 Å². The lowest BCUT2D eigenvalue weighted by molar-refractivity contribution is -0.122. The first-order valence-corrected chi connectivity index (χ1v) is 8.04. The molecule has 1 aliphatic rings. The van der Waals surface area contributed by atoms with Gasteiger partial charge in [-0.25, -0.2) is 17.9 Å². The molecule has 2 atom stereocenters. The Morgan fingerprint density at radius 3 is 2.25 bits per heavy atom. The standard InChI is InChI=1S/C10H18F3N3O3S/c1-20(18,19)16-8-5-3-2-4-7(8)15-9(17)14-6-10(11,12)13/h7-8,16H,2-6H2,1H3,(H2,14,15,17)/t7-,8-/m0/s1. The van der Waals surface area contributed by atoms with Crippen molar-refractivity contribution in [2.45, 2.75) is 43.9 Å². The summed E-state index contributed by atoms with van der Waals surface area (Å²) >= 11 is 0. The highest BCUT2D eigenvalue weighted by Crippen LogP contribution is 2.19. The van der Waals surface area contributed by atoms with Gasteiger partial charge in [-0.05, 0) is 12.8 Å². The van der Waals surface area contributed by atoms with E-state index in [1.807, 2.05) is 0 Å². The number of rotatable bonds is 4. The van der Waals surface area contributed by atoms with E-state index < -0.39 is 40.9 Å². The summed E-state index contributed by atoms with van der Waals surface area (Å²) in [6, 6.07) is -1.95. The molecule has 0 spiro atoms. The molecule has 118 valence electrons. The molecule has 0 bridgehead atoms. The predicted molar refractivity (Wildman–Crippen MR) is 66.6 cm³/mol. The molecule has 2 amide bonds. The van der Waals surface area contributed by atoms with Crippen LogP contribution in [0.4, 0.5) is 18.0 Å². The van der Waals surface area contributed by atoms with Gasteiger partial charge in [-0.15, -0.1) is 0 Å². The van der Waals surface area contributed by atoms with Crippen molar-refractivity contribution in [3.63, 3.8) is 0 Å². The third-order valence-electron chi connectivity index (χ3n) is 2.90. The van der Waals surface area contributed by atoms with Gasteiger partial charge in [0.05, 0.1) is 6.26 Å². The van der Waals surface area contributed by atoms with Gasteiger partial charge in [0.25, 0.3) is 0 Å². The van der Waals surface area contributed by atoms with Gasteiger partial charge in [-0.2, -0.15) is 13.2 Å². The first kappa shape index (κ1) is 17.0. The van der Waals surface area contributed by atoms with Crippen LogP contribution < -0.4 is 15.4 Å². The van der Waals surface area contributed by atoms with Gasteiger partial charge in [0, 0.05) is 12.1 Å². The summed E-state index contributed by atoms with van der Waals surface area (Å²) in [7, 11) is -3.43. The summed E-state index contributed by atoms with van der Waals surface area (Å²) in [4.78, 5) is 11.4. The summed E-state index contributed by atoms with van der Waals surface area (Å²) in [5.74, 6) is 0. The molecule has 20 heavy (non-hydrogen) atoms. The summed E-state index contributed by atoms with van der Waals surface area (Å²) in [6.07, 6.45) is -0.831. The molecule has 0 saturated heterocycles. The lowest BCUT2D eigenvalue weighted by atomic mass is 9.91. The second-order valence-electron chi connectivity index (χ2n) is 4.83. The normalized spacial score (nSPS) is 24.2. The van der Waals surface area contributed by atoms with Crippen LogP contribution in [0, 0.1) is 0 Å². The summed E-state index contributed by atoms with van der Waals surface area (Å²) in [5.41, 5.74) is 0. The van der Waals surface area contributed by atoms with E-state index in [-0.39, 0.29) is 0 Å². The predicted octanol–water partition coefficient (Wildman–Crippen LogP) is 0.708. The van der Waals surface area contributed by atoms with Gasteiger partial charge in [0.15, 0.2) is 0 Å². The minimum absolute atomic E-state index is 0.490. The van der Waals surface area contributed by atoms with E-state index in [0.29, 0.717) is 12.8 Å². The van der Waals surface area contributed by atoms with E-state index in [9.17, 15) is 26.4 Å². The highest BCUT2D eigenvalue weighted by molar-refractivity contribution is 7.88. The third-order valence-corrected chi connectivity index (χ3v) is 3.63. The molecule has 3 N–H and O–H groups in total. The highest BCUT2D eigenvalue weighted by atomic mass is 32.2. The molecule has 0 radical (unpaired) electrons. The van der Waals surface area contributed by atoms with Crippen LogP contribution in [0.1, 0.15) is 25.7 Å². The smallest absolute Gasteiger partial charge is 0.334 e. The van der Waals surface area contributed by atoms with Gasteiger partial charge in [0.1, 0.15) is 6.54 Å². The number of sulfonamides is 1. The zero-order chi connectivity index (χ0) is 15.4. The molecule has 0 aromatic heterocycles. The molecule has 1 rings (SSSR count). The molecule has 10 heteroatoms. The van der Waals surface area contributed by atoms with E-state index in [2.05, 4.69) is 10.0 Å². The number of halogens is 3. The van der Waals surface area contributed by atoms with E-state index in [0.717, 1.165) is 19.1 Å². The van der Waals surface area contributed by atoms with Gasteiger partial charge in [-0.1, -0.05) is 12.8 Å². The minimum atomic E-state index is -4.48. The SMILES string of the molecule is CS(=O)(=O)N[C@H]1CCCC[C@@H]1NC(=O)NCC(F)(F)F. The summed E-state index contributed by atoms with van der Waals surface area (Å²) in [5, 5.41) is 4.09. The Bertz CT molecular complexity index is 439. The fourth-order valence-corrected chi connectivity index (χ4v) is 2.95. The van der Waals surface area contributed by atoms with Crippen LogP contribution in [0.15, 0.2) is 0 Å². The molecule has 0 aromatic carbocycles. The second-order valence-corrected chi connectivity index (χ2v) is 6.61. The third kappa shape index (κ3) is 6.94. The zero-order valence-corrected chi connectivity index (χ0v) is 11.8. The zero-order valence-electron chi connectivity index (χ0n) is 11.0. The van der Waals surface area contributed by atoms with Crippen molar-refractivity contribution in [1.29, 1.82) is 0 Å². The van der Waals surface area contributed by atoms with Crippen molar-refractivity contribution < 1.29 is 26.4 Å². The molecule has 1 saturated carbocycles. The molecule has 0 aliphatic heterocycles. The average Bonchev–Trinajstić information content (AvgIpc) is 2.26. The Morgan fingerprint density at radius 1 is 1.20 bits per heavy atom. The van der Waals surface area contributed by atoms with Crippen LogP contribution in [-0.4, -0.2) is 45.5 Å². The van der Waals surface area contributed by atoms with Crippen molar-refractivity contribution in [2.24, 2.45) is 0 Å². The molecule has 0 aromatic rings. The number of alkyl halides is 3. The van der Waals surface area contributed by atoms with Crippen molar-refractivity contribution in [3.8, 4) is 0 Å². The lowest BCUT2D eigenvalue weighted by Crippen LogP contribution is -2.55. The molecule has 1 aliphatic carbocycles. The lowest BCUT2D eigenvalue weighted by Gasteiger charge is -2.32. The van der Waals surface area contributed by atoms with Gasteiger partial charge < -0.3 is 10.6 Å². The molecule has 6 nitrogen and oxygen atoms in total. The number of hydrogen-bond donors (Lipinski definition) is 3. The van der Waals surface area contributed by atoms with Crippen molar-refractivity contribution in [1.82, 2.24) is 15.4 Å². The number of carbonyl (C=O) groups excluding carboxylic acids is 1. The topological polar surface area (TPSA) is 87.3 Å².